The summed E-state index contributed by atoms with van der Waals surface area (Å²) in [5.74, 6) is 0. The van der Waals surface area contributed by atoms with Crippen molar-refractivity contribution in [2.24, 2.45) is 0 Å². The van der Waals surface area contributed by atoms with E-state index in [1.807, 2.05) is 0 Å². The molecule has 1 atom stereocenters. The van der Waals surface area contributed by atoms with Gasteiger partial charge in [-0.3, -0.25) is 0 Å². The summed E-state index contributed by atoms with van der Waals surface area (Å²) in [5.41, 5.74) is 0. The summed E-state index contributed by atoms with van der Waals surface area (Å²) in [5, 5.41) is 4.00. The quantitative estimate of drug-likeness (QED) is 0.382. The molecule has 23 heavy (non-hydrogen) atoms. The van der Waals surface area contributed by atoms with Gasteiger partial charge in [0.15, 0.2) is 0 Å². The molecule has 1 radical (unpaired) electrons. The van der Waals surface area contributed by atoms with Gasteiger partial charge in [-0.05, 0) is 25.2 Å². The van der Waals surface area contributed by atoms with Crippen molar-refractivity contribution >= 4 is 44.0 Å². The maximum atomic E-state index is 4.61. The van der Waals surface area contributed by atoms with E-state index >= 15 is 0 Å². The Bertz CT molecular complexity index is 459. The third-order valence-electron chi connectivity index (χ3n) is 3.41. The van der Waals surface area contributed by atoms with Crippen LogP contribution in [0.2, 0.25) is 5.32 Å². The topological polar surface area (TPSA) is 3.24 Å². The van der Waals surface area contributed by atoms with Crippen LogP contribution < -0.4 is 10.6 Å². The molecule has 0 spiro atoms. The van der Waals surface area contributed by atoms with Gasteiger partial charge in [0.05, 0.1) is 0 Å². The van der Waals surface area contributed by atoms with Crippen LogP contribution in [0.1, 0.15) is 6.92 Å². The first-order valence-electron chi connectivity index (χ1n) is 7.26. The number of hydrogen-bond acceptors (Lipinski definition) is 1. The first kappa shape index (κ1) is 23.3. The van der Waals surface area contributed by atoms with Crippen LogP contribution in [0.5, 0.6) is 0 Å². The average molecular weight is 596 g/mol. The molecule has 0 bridgehead atoms. The van der Waals surface area contributed by atoms with Crippen molar-refractivity contribution in [1.29, 1.82) is 0 Å². The van der Waals surface area contributed by atoms with Crippen LogP contribution in [-0.4, -0.2) is 47.7 Å². The van der Waals surface area contributed by atoms with Gasteiger partial charge in [-0.2, -0.15) is 0 Å². The second kappa shape index (κ2) is 14.7. The summed E-state index contributed by atoms with van der Waals surface area (Å²) in [6, 6.07) is 22.1. The van der Waals surface area contributed by atoms with Gasteiger partial charge >= 0.3 is 81.5 Å². The van der Waals surface area contributed by atoms with Gasteiger partial charge in [0.2, 0.25) is 0 Å². The molecule has 5 heteroatoms. The second-order valence-electron chi connectivity index (χ2n) is 5.21. The van der Waals surface area contributed by atoms with E-state index in [2.05, 4.69) is 119 Å². The Morgan fingerprint density at radius 2 is 1.30 bits per heavy atom. The Kier molecular flexibility index (Phi) is 14.9. The van der Waals surface area contributed by atoms with Gasteiger partial charge in [0.25, 0.3) is 0 Å². The van der Waals surface area contributed by atoms with Crippen molar-refractivity contribution in [2.75, 3.05) is 20.8 Å². The molecule has 2 aromatic rings. The zero-order valence-electron chi connectivity index (χ0n) is 14.1. The van der Waals surface area contributed by atoms with Crippen LogP contribution in [0.25, 0.3) is 0 Å². The molecule has 2 rings (SSSR count). The maximum absolute atomic E-state index is 4.61. The Labute approximate surface area is 166 Å². The fraction of sp³-hybridized carbons (Fsp3) is 0.333. The van der Waals surface area contributed by atoms with E-state index in [1.165, 1.54) is 10.6 Å². The van der Waals surface area contributed by atoms with Gasteiger partial charge < -0.3 is 0 Å². The normalized spacial score (nSPS) is 11.2. The summed E-state index contributed by atoms with van der Waals surface area (Å²) >= 11 is 4.59. The fourth-order valence-corrected chi connectivity index (χ4v) is 3.76. The molecule has 0 saturated carbocycles. The van der Waals surface area contributed by atoms with E-state index in [4.69, 9.17) is 0 Å². The summed E-state index contributed by atoms with van der Waals surface area (Å²) < 4.78 is 0. The van der Waals surface area contributed by atoms with Crippen LogP contribution in [0, 0.1) is 0 Å². The minimum atomic E-state index is -0.171. The number of hydrogen-bond donors (Lipinski definition) is 0. The van der Waals surface area contributed by atoms with Crippen molar-refractivity contribution in [2.45, 2.75) is 18.3 Å². The standard InChI is InChI=1S/C13H13P.C5H12NSe.ClH.Pt/c1-14(12-8-4-2-5-9-12)13-10-6-3-7-11-13;1-5(4-7)6(2)3;;/h2-11H,1H3;5H,4H2,1-3H3;1H;/q;;;+1/p-1/t;5-;;/m.0../s1. The fourth-order valence-electron chi connectivity index (χ4n) is 1.60. The van der Waals surface area contributed by atoms with Crippen LogP contribution >= 0.6 is 17.3 Å². The molecule has 0 aliphatic rings. The predicted molar refractivity (Wildman–Crippen MR) is 105 cm³/mol. The molecule has 1 nitrogen and oxygen atoms in total. The molecule has 0 N–H and O–H groups in total. The average Bonchev–Trinajstić information content (AvgIpc) is 2.64. The third kappa shape index (κ3) is 10.0. The zero-order chi connectivity index (χ0) is 17.7. The van der Waals surface area contributed by atoms with E-state index in [0.717, 1.165) is 5.32 Å². The van der Waals surface area contributed by atoms with Gasteiger partial charge in [-0.15, -0.1) is 0 Å². The molecule has 0 amide bonds. The molecule has 130 valence electrons. The van der Waals surface area contributed by atoms with E-state index in [-0.39, 0.29) is 7.92 Å². The van der Waals surface area contributed by atoms with Gasteiger partial charge in [0.1, 0.15) is 0 Å². The number of rotatable bonds is 4. The van der Waals surface area contributed by atoms with Gasteiger partial charge in [-0.25, -0.2) is 0 Å². The summed E-state index contributed by atoms with van der Waals surface area (Å²) in [7, 11) is 8.61. The molecule has 0 fully saturated rings. The first-order valence-corrected chi connectivity index (χ1v) is 13.1. The molecule has 0 heterocycles. The van der Waals surface area contributed by atoms with Crippen molar-refractivity contribution in [3.63, 3.8) is 0 Å². The van der Waals surface area contributed by atoms with Crippen molar-refractivity contribution in [1.82, 2.24) is 4.90 Å². The Morgan fingerprint density at radius 1 is 0.957 bits per heavy atom. The van der Waals surface area contributed by atoms with E-state index < -0.39 is 0 Å². The van der Waals surface area contributed by atoms with E-state index in [9.17, 15) is 0 Å². The van der Waals surface area contributed by atoms with Crippen molar-refractivity contribution in [3.8, 4) is 0 Å². The molecular formula is C18H25ClNPPtSe. The van der Waals surface area contributed by atoms with E-state index in [1.54, 1.807) is 18.8 Å². The molecular weight excluding hydrogens is 571 g/mol. The third-order valence-corrected chi connectivity index (χ3v) is 6.57. The Morgan fingerprint density at radius 3 is 1.52 bits per heavy atom. The number of benzene rings is 2. The van der Waals surface area contributed by atoms with Crippen molar-refractivity contribution < 1.29 is 18.8 Å². The van der Waals surface area contributed by atoms with Crippen LogP contribution in [0.3, 0.4) is 0 Å². The first-order chi connectivity index (χ1) is 11.1. The zero-order valence-corrected chi connectivity index (χ0v) is 19.7. The SMILES string of the molecule is CP(c1ccccc1)c1ccccc1.C[C@@H](C[Se])N(C)C.[Cl][Pt]. The van der Waals surface area contributed by atoms with Gasteiger partial charge in [-0.1, -0.05) is 60.7 Å². The number of nitrogens with zero attached hydrogens (tertiary/aromatic N) is 1. The Hall–Kier alpha value is 0.328. The molecule has 0 aromatic heterocycles. The minimum absolute atomic E-state index is 0.171. The van der Waals surface area contributed by atoms with Crippen LogP contribution in [0.4, 0.5) is 0 Å². The van der Waals surface area contributed by atoms with Crippen LogP contribution in [-0.2, 0) is 18.8 Å². The molecule has 0 aliphatic carbocycles. The molecule has 0 unspecified atom stereocenters. The molecule has 2 aromatic carbocycles. The summed E-state index contributed by atoms with van der Waals surface area (Å²) in [6.45, 7) is 4.50. The molecule has 0 aliphatic heterocycles. The van der Waals surface area contributed by atoms with E-state index in [0.29, 0.717) is 6.04 Å². The predicted octanol–water partition coefficient (Wildman–Crippen LogP) is 3.96. The van der Waals surface area contributed by atoms with Gasteiger partial charge in [0, 0.05) is 0 Å². The Balaban J connectivity index is 0.000000460. The summed E-state index contributed by atoms with van der Waals surface area (Å²) in [4.78, 5) is 2.19. The molecule has 0 saturated heterocycles. The second-order valence-corrected chi connectivity index (χ2v) is 8.06. The monoisotopic (exact) mass is 596 g/mol. The van der Waals surface area contributed by atoms with Crippen LogP contribution in [0.15, 0.2) is 60.7 Å². The summed E-state index contributed by atoms with van der Waals surface area (Å²) in [6.07, 6.45) is 0. The van der Waals surface area contributed by atoms with Crippen molar-refractivity contribution in [3.05, 3.63) is 60.7 Å². The number of halogens is 1.